The molecule has 0 N–H and O–H groups in total. The van der Waals surface area contributed by atoms with Gasteiger partial charge in [-0.1, -0.05) is 128 Å². The van der Waals surface area contributed by atoms with E-state index in [4.69, 9.17) is 4.42 Å². The molecule has 260 valence electrons. The maximum absolute atomic E-state index is 6.66. The van der Waals surface area contributed by atoms with Gasteiger partial charge in [0.2, 0.25) is 0 Å². The lowest BCUT2D eigenvalue weighted by Crippen LogP contribution is -2.49. The standard InChI is InChI=1S/C50H39NOSSi/c1-53(2)44-24-10-8-20-40(44)48-42(22-13-25-45(48)53)51(34-17-11-16-33(30-34)37-21-12-15-32-14-5-6-18-36(32)37)35-26-27-41-47(31-35)54(3,4)46-29-28-39-38-19-7-9-23-43(38)52-50(39)49(41)46/h5-31H,1-4H3. The molecule has 0 amide bonds. The van der Waals surface area contributed by atoms with E-state index in [0.29, 0.717) is 0 Å². The van der Waals surface area contributed by atoms with Gasteiger partial charge < -0.3 is 9.32 Å². The average molecular weight is 730 g/mol. The van der Waals surface area contributed by atoms with Gasteiger partial charge in [-0.05, 0) is 104 Å². The van der Waals surface area contributed by atoms with Gasteiger partial charge in [0.1, 0.15) is 19.2 Å². The molecule has 54 heavy (non-hydrogen) atoms. The Morgan fingerprint density at radius 2 is 1.20 bits per heavy atom. The van der Waals surface area contributed by atoms with Gasteiger partial charge in [0.15, 0.2) is 0 Å². The van der Waals surface area contributed by atoms with Crippen LogP contribution in [-0.4, -0.2) is 20.6 Å². The third-order valence-electron chi connectivity index (χ3n) is 12.1. The third-order valence-corrected chi connectivity index (χ3v) is 18.5. The highest BCUT2D eigenvalue weighted by atomic mass is 32.3. The van der Waals surface area contributed by atoms with E-state index < -0.39 is 18.1 Å². The monoisotopic (exact) mass is 729 g/mol. The van der Waals surface area contributed by atoms with Crippen LogP contribution in [0.25, 0.3) is 66.1 Å². The molecule has 2 aliphatic rings. The van der Waals surface area contributed by atoms with Crippen molar-refractivity contribution in [2.24, 2.45) is 0 Å². The highest BCUT2D eigenvalue weighted by molar-refractivity contribution is 8.33. The van der Waals surface area contributed by atoms with Gasteiger partial charge in [0.25, 0.3) is 0 Å². The summed E-state index contributed by atoms with van der Waals surface area (Å²) >= 11 is 0. The molecule has 3 heterocycles. The molecule has 0 radical (unpaired) electrons. The Kier molecular flexibility index (Phi) is 6.66. The summed E-state index contributed by atoms with van der Waals surface area (Å²) in [6, 6.07) is 60.9. The molecule has 9 aromatic rings. The van der Waals surface area contributed by atoms with Gasteiger partial charge in [-0.3, -0.25) is 0 Å². The van der Waals surface area contributed by atoms with E-state index in [1.807, 2.05) is 0 Å². The van der Waals surface area contributed by atoms with Gasteiger partial charge in [-0.2, -0.15) is 10.0 Å². The number of fused-ring (bicyclic) bond motifs is 11. The summed E-state index contributed by atoms with van der Waals surface area (Å²) in [5.41, 5.74) is 13.3. The summed E-state index contributed by atoms with van der Waals surface area (Å²) in [5.74, 6) is 0. The molecule has 0 saturated carbocycles. The molecule has 0 saturated heterocycles. The van der Waals surface area contributed by atoms with Crippen molar-refractivity contribution in [2.75, 3.05) is 17.4 Å². The quantitative estimate of drug-likeness (QED) is 0.168. The zero-order valence-electron chi connectivity index (χ0n) is 30.9. The van der Waals surface area contributed by atoms with Crippen LogP contribution < -0.4 is 15.3 Å². The van der Waals surface area contributed by atoms with E-state index in [9.17, 15) is 0 Å². The first kappa shape index (κ1) is 31.7. The number of hydrogen-bond acceptors (Lipinski definition) is 2. The smallest absolute Gasteiger partial charge is 0.143 e. The fraction of sp³-hybridized carbons (Fsp3) is 0.0800. The number of para-hydroxylation sites is 1. The summed E-state index contributed by atoms with van der Waals surface area (Å²) in [7, 11) is -3.29. The minimum Gasteiger partial charge on any atom is -0.455 e. The Labute approximate surface area is 318 Å². The minimum atomic E-state index is -2.10. The molecule has 2 nitrogen and oxygen atoms in total. The lowest BCUT2D eigenvalue weighted by Gasteiger charge is -2.31. The van der Waals surface area contributed by atoms with E-state index in [-0.39, 0.29) is 0 Å². The van der Waals surface area contributed by atoms with Crippen LogP contribution >= 0.6 is 10.0 Å². The number of furan rings is 1. The molecule has 0 fully saturated rings. The van der Waals surface area contributed by atoms with E-state index in [1.165, 1.54) is 86.5 Å². The molecule has 2 aliphatic heterocycles. The molecule has 0 atom stereocenters. The highest BCUT2D eigenvalue weighted by Gasteiger charge is 2.41. The van der Waals surface area contributed by atoms with Crippen LogP contribution in [0.4, 0.5) is 17.1 Å². The lowest BCUT2D eigenvalue weighted by molar-refractivity contribution is 0.670. The number of rotatable bonds is 4. The second-order valence-corrected chi connectivity index (χ2v) is 23.6. The summed E-state index contributed by atoms with van der Waals surface area (Å²) < 4.78 is 6.66. The predicted octanol–water partition coefficient (Wildman–Crippen LogP) is 13.1. The Balaban J connectivity index is 1.16. The molecule has 4 heteroatoms. The number of nitrogens with zero attached hydrogens (tertiary/aromatic N) is 1. The highest BCUT2D eigenvalue weighted by Crippen LogP contribution is 2.69. The second kappa shape index (κ2) is 11.3. The van der Waals surface area contributed by atoms with Gasteiger partial charge >= 0.3 is 0 Å². The fourth-order valence-electron chi connectivity index (χ4n) is 9.48. The van der Waals surface area contributed by atoms with Crippen molar-refractivity contribution in [3.05, 3.63) is 164 Å². The first-order chi connectivity index (χ1) is 26.3. The van der Waals surface area contributed by atoms with Gasteiger partial charge in [-0.25, -0.2) is 0 Å². The van der Waals surface area contributed by atoms with Crippen molar-refractivity contribution in [3.8, 4) is 33.4 Å². The Morgan fingerprint density at radius 3 is 2.11 bits per heavy atom. The van der Waals surface area contributed by atoms with Gasteiger partial charge in [-0.15, -0.1) is 0 Å². The Hall–Kier alpha value is -5.81. The summed E-state index contributed by atoms with van der Waals surface area (Å²) in [6.07, 6.45) is 4.90. The van der Waals surface area contributed by atoms with Crippen LogP contribution in [0, 0.1) is 0 Å². The molecular formula is C50H39NOSSi. The van der Waals surface area contributed by atoms with Crippen LogP contribution in [-0.2, 0) is 0 Å². The van der Waals surface area contributed by atoms with Crippen molar-refractivity contribution in [3.63, 3.8) is 0 Å². The normalized spacial score (nSPS) is 15.2. The van der Waals surface area contributed by atoms with Crippen molar-refractivity contribution in [1.82, 2.24) is 0 Å². The van der Waals surface area contributed by atoms with Crippen molar-refractivity contribution in [2.45, 2.75) is 22.9 Å². The Morgan fingerprint density at radius 1 is 0.500 bits per heavy atom. The zero-order valence-corrected chi connectivity index (χ0v) is 32.7. The molecule has 0 aliphatic carbocycles. The van der Waals surface area contributed by atoms with Crippen molar-refractivity contribution < 1.29 is 4.42 Å². The summed E-state index contributed by atoms with van der Waals surface area (Å²) in [5, 5.41) is 7.80. The van der Waals surface area contributed by atoms with Gasteiger partial charge in [0, 0.05) is 43.1 Å². The van der Waals surface area contributed by atoms with Crippen molar-refractivity contribution >= 4 is 78.2 Å². The number of hydrogen-bond donors (Lipinski definition) is 0. The lowest BCUT2D eigenvalue weighted by atomic mass is 9.97. The number of benzene rings is 8. The van der Waals surface area contributed by atoms with Crippen LogP contribution in [0.3, 0.4) is 0 Å². The van der Waals surface area contributed by atoms with E-state index in [2.05, 4.69) is 194 Å². The summed E-state index contributed by atoms with van der Waals surface area (Å²) in [4.78, 5) is 5.45. The molecule has 0 bridgehead atoms. The van der Waals surface area contributed by atoms with Crippen LogP contribution in [0.5, 0.6) is 0 Å². The molecular weight excluding hydrogens is 691 g/mol. The first-order valence-corrected chi connectivity index (χ1v) is 24.2. The largest absolute Gasteiger partial charge is 0.455 e. The molecule has 11 rings (SSSR count). The zero-order chi connectivity index (χ0) is 36.3. The summed E-state index contributed by atoms with van der Waals surface area (Å²) in [6.45, 7) is 5.01. The molecule has 0 unspecified atom stereocenters. The average Bonchev–Trinajstić information content (AvgIpc) is 3.78. The molecule has 0 spiro atoms. The van der Waals surface area contributed by atoms with Gasteiger partial charge in [0.05, 0.1) is 5.69 Å². The minimum absolute atomic E-state index is 0.950. The Bertz CT molecular complexity index is 3020. The fourth-order valence-corrected chi connectivity index (χ4v) is 15.1. The number of anilines is 3. The first-order valence-electron chi connectivity index (χ1n) is 18.7. The topological polar surface area (TPSA) is 16.4 Å². The van der Waals surface area contributed by atoms with E-state index in [1.54, 1.807) is 0 Å². The van der Waals surface area contributed by atoms with E-state index in [0.717, 1.165) is 16.9 Å². The van der Waals surface area contributed by atoms with Crippen LogP contribution in [0.1, 0.15) is 0 Å². The van der Waals surface area contributed by atoms with Crippen molar-refractivity contribution in [1.29, 1.82) is 0 Å². The second-order valence-electron chi connectivity index (χ2n) is 15.7. The van der Waals surface area contributed by atoms with E-state index >= 15 is 0 Å². The maximum Gasteiger partial charge on any atom is 0.143 e. The van der Waals surface area contributed by atoms with Crippen LogP contribution in [0.2, 0.25) is 13.1 Å². The van der Waals surface area contributed by atoms with Crippen LogP contribution in [0.15, 0.2) is 178 Å². The third kappa shape index (κ3) is 4.35. The SMILES string of the molecule is C[Si]1(C)c2cc(N(c3cccc(-c4cccc5ccccc45)c3)c3cccc4c3-c3ccccc3S4(C)C)ccc2-c2c1ccc1c2oc2ccccc21. The predicted molar refractivity (Wildman–Crippen MR) is 235 cm³/mol. The molecule has 1 aromatic heterocycles. The maximum atomic E-state index is 6.66. The molecule has 8 aromatic carbocycles.